The molecule has 3 fully saturated rings. The number of benzene rings is 1. The molecular weight excluding hydrogens is 354 g/mol. The molecule has 1 aliphatic carbocycles. The van der Waals surface area contributed by atoms with E-state index in [-0.39, 0.29) is 18.3 Å². The zero-order valence-electron chi connectivity index (χ0n) is 16.8. The molecule has 0 radical (unpaired) electrons. The van der Waals surface area contributed by atoms with E-state index >= 15 is 0 Å². The summed E-state index contributed by atoms with van der Waals surface area (Å²) in [6, 6.07) is 6.92. The predicted octanol–water partition coefficient (Wildman–Crippen LogP) is 2.02. The van der Waals surface area contributed by atoms with E-state index in [0.29, 0.717) is 18.4 Å². The van der Waals surface area contributed by atoms with E-state index in [0.717, 1.165) is 37.5 Å². The van der Waals surface area contributed by atoms with E-state index in [1.165, 1.54) is 24.1 Å². The molecule has 3 aliphatic heterocycles. The summed E-state index contributed by atoms with van der Waals surface area (Å²) in [7, 11) is 0. The first-order valence-corrected chi connectivity index (χ1v) is 10.7. The van der Waals surface area contributed by atoms with Gasteiger partial charge >= 0.3 is 0 Å². The number of nitrogens with zero attached hydrogens (tertiary/aromatic N) is 2. The Balaban J connectivity index is 1.22. The maximum absolute atomic E-state index is 12.5. The standard InChI is InChI=1S/C21H31N5O2/c1-13(2)26-18-9-16(5-6-17(18)11-22-26)21-23-20(24-28-21)15-7-8-25(19(27)10-15)12-14-3-4-14/h5-6,9,13-15,20-24H,3-4,7-8,10-12H2,1-2H3. The van der Waals surface area contributed by atoms with E-state index in [9.17, 15) is 4.79 Å². The van der Waals surface area contributed by atoms with E-state index in [2.05, 4.69) is 58.2 Å². The van der Waals surface area contributed by atoms with Crippen molar-refractivity contribution in [3.8, 4) is 0 Å². The Morgan fingerprint density at radius 1 is 1.25 bits per heavy atom. The number of nitrogens with one attached hydrogen (secondary N) is 3. The lowest BCUT2D eigenvalue weighted by atomic mass is 9.93. The molecule has 152 valence electrons. The maximum Gasteiger partial charge on any atom is 0.222 e. The van der Waals surface area contributed by atoms with Crippen LogP contribution in [0, 0.1) is 11.8 Å². The summed E-state index contributed by atoms with van der Waals surface area (Å²) in [5.74, 6) is 1.33. The molecule has 5 rings (SSSR count). The molecular formula is C21H31N5O2. The van der Waals surface area contributed by atoms with Gasteiger partial charge in [-0.25, -0.2) is 5.43 Å². The molecule has 3 atom stereocenters. The average molecular weight is 386 g/mol. The predicted molar refractivity (Wildman–Crippen MR) is 107 cm³/mol. The van der Waals surface area contributed by atoms with E-state index in [1.54, 1.807) is 0 Å². The lowest BCUT2D eigenvalue weighted by Crippen LogP contribution is -2.48. The van der Waals surface area contributed by atoms with Gasteiger partial charge in [-0.3, -0.25) is 14.9 Å². The summed E-state index contributed by atoms with van der Waals surface area (Å²) in [6.45, 7) is 7.08. The molecule has 0 bridgehead atoms. The number of likely N-dealkylation sites (tertiary alicyclic amines) is 1. The fourth-order valence-electron chi connectivity index (χ4n) is 4.59. The Morgan fingerprint density at radius 2 is 2.11 bits per heavy atom. The minimum Gasteiger partial charge on any atom is -0.342 e. The summed E-state index contributed by atoms with van der Waals surface area (Å²) in [6.07, 6.45) is 4.03. The van der Waals surface area contributed by atoms with Crippen LogP contribution in [0.15, 0.2) is 18.2 Å². The van der Waals surface area contributed by atoms with Crippen LogP contribution in [0.3, 0.4) is 0 Å². The molecule has 1 aromatic rings. The van der Waals surface area contributed by atoms with E-state index < -0.39 is 0 Å². The quantitative estimate of drug-likeness (QED) is 0.721. The van der Waals surface area contributed by atoms with Crippen molar-refractivity contribution in [1.82, 2.24) is 21.1 Å². The zero-order valence-corrected chi connectivity index (χ0v) is 16.8. The monoisotopic (exact) mass is 385 g/mol. The molecule has 0 spiro atoms. The summed E-state index contributed by atoms with van der Waals surface area (Å²) >= 11 is 0. The number of carbonyl (C=O) groups excluding carboxylic acids is 1. The highest BCUT2D eigenvalue weighted by Crippen LogP contribution is 2.34. The van der Waals surface area contributed by atoms with Gasteiger partial charge in [0.2, 0.25) is 5.91 Å². The molecule has 7 heteroatoms. The Kier molecular flexibility index (Phi) is 4.79. The lowest BCUT2D eigenvalue weighted by molar-refractivity contribution is -0.136. The Morgan fingerprint density at radius 3 is 2.86 bits per heavy atom. The number of carbonyl (C=O) groups is 1. The third-order valence-corrected chi connectivity index (χ3v) is 6.48. The van der Waals surface area contributed by atoms with Crippen molar-refractivity contribution >= 4 is 11.6 Å². The second-order valence-corrected chi connectivity index (χ2v) is 8.98. The molecule has 1 amide bonds. The van der Waals surface area contributed by atoms with Gasteiger partial charge in [0.15, 0.2) is 6.23 Å². The average Bonchev–Trinajstić information content (AvgIpc) is 3.19. The van der Waals surface area contributed by atoms with Gasteiger partial charge < -0.3 is 9.91 Å². The smallest absolute Gasteiger partial charge is 0.222 e. The van der Waals surface area contributed by atoms with Crippen molar-refractivity contribution in [2.45, 2.75) is 64.5 Å². The minimum atomic E-state index is -0.190. The zero-order chi connectivity index (χ0) is 19.3. The number of rotatable bonds is 5. The van der Waals surface area contributed by atoms with Crippen LogP contribution in [0.2, 0.25) is 0 Å². The summed E-state index contributed by atoms with van der Waals surface area (Å²) < 4.78 is 0. The van der Waals surface area contributed by atoms with Crippen LogP contribution in [0.4, 0.5) is 5.69 Å². The molecule has 1 aromatic carbocycles. The fraction of sp³-hybridized carbons (Fsp3) is 0.667. The third kappa shape index (κ3) is 3.52. The third-order valence-electron chi connectivity index (χ3n) is 6.48. The van der Waals surface area contributed by atoms with Crippen molar-refractivity contribution in [3.05, 3.63) is 29.3 Å². The van der Waals surface area contributed by atoms with Gasteiger partial charge in [0.25, 0.3) is 0 Å². The second-order valence-electron chi connectivity index (χ2n) is 8.98. The Hall–Kier alpha value is -1.67. The normalized spacial score (nSPS) is 30.4. The number of hydroxylamine groups is 1. The van der Waals surface area contributed by atoms with Gasteiger partial charge in [0, 0.05) is 32.1 Å². The van der Waals surface area contributed by atoms with Crippen LogP contribution < -0.4 is 21.2 Å². The van der Waals surface area contributed by atoms with Crippen LogP contribution >= 0.6 is 0 Å². The second kappa shape index (κ2) is 7.30. The van der Waals surface area contributed by atoms with Gasteiger partial charge in [0.1, 0.15) is 0 Å². The first-order chi connectivity index (χ1) is 13.6. The first-order valence-electron chi connectivity index (χ1n) is 10.7. The number of anilines is 1. The van der Waals surface area contributed by atoms with Crippen LogP contribution in [0.5, 0.6) is 0 Å². The van der Waals surface area contributed by atoms with Crippen LogP contribution in [0.25, 0.3) is 0 Å². The maximum atomic E-state index is 12.5. The SMILES string of the molecule is CC(C)N1NCc2ccc(C3NC(C4CCN(CC5CC5)C(=O)C4)NO3)cc21. The highest BCUT2D eigenvalue weighted by atomic mass is 16.7. The van der Waals surface area contributed by atoms with Gasteiger partial charge in [-0.2, -0.15) is 5.48 Å². The molecule has 1 saturated carbocycles. The molecule has 7 nitrogen and oxygen atoms in total. The molecule has 0 aromatic heterocycles. The Bertz CT molecular complexity index is 750. The van der Waals surface area contributed by atoms with Gasteiger partial charge in [-0.05, 0) is 62.1 Å². The number of hydrazine groups is 1. The number of piperidine rings is 1. The Labute approximate surface area is 166 Å². The topological polar surface area (TPSA) is 68.9 Å². The van der Waals surface area contributed by atoms with Crippen molar-refractivity contribution in [1.29, 1.82) is 0 Å². The molecule has 3 N–H and O–H groups in total. The minimum absolute atomic E-state index is 0.0182. The number of amides is 1. The van der Waals surface area contributed by atoms with E-state index in [1.807, 2.05) is 0 Å². The summed E-state index contributed by atoms with van der Waals surface area (Å²) in [5.41, 5.74) is 10.2. The highest BCUT2D eigenvalue weighted by molar-refractivity contribution is 5.77. The van der Waals surface area contributed by atoms with Crippen molar-refractivity contribution in [3.63, 3.8) is 0 Å². The van der Waals surface area contributed by atoms with Crippen LogP contribution in [-0.2, 0) is 16.2 Å². The first kappa shape index (κ1) is 18.4. The molecule has 2 saturated heterocycles. The summed E-state index contributed by atoms with van der Waals surface area (Å²) in [4.78, 5) is 20.5. The van der Waals surface area contributed by atoms with Crippen molar-refractivity contribution in [2.24, 2.45) is 11.8 Å². The molecule has 3 heterocycles. The number of hydrogen-bond acceptors (Lipinski definition) is 6. The van der Waals surface area contributed by atoms with Crippen molar-refractivity contribution < 1.29 is 9.63 Å². The van der Waals surface area contributed by atoms with Gasteiger partial charge in [0.05, 0.1) is 11.9 Å². The highest BCUT2D eigenvalue weighted by Gasteiger charge is 2.38. The van der Waals surface area contributed by atoms with E-state index in [4.69, 9.17) is 4.84 Å². The van der Waals surface area contributed by atoms with Crippen LogP contribution in [-0.4, -0.2) is 36.1 Å². The lowest BCUT2D eigenvalue weighted by Gasteiger charge is -2.34. The number of hydrogen-bond donors (Lipinski definition) is 3. The van der Waals surface area contributed by atoms with Crippen LogP contribution in [0.1, 0.15) is 56.9 Å². The molecule has 4 aliphatic rings. The molecule has 28 heavy (non-hydrogen) atoms. The van der Waals surface area contributed by atoms with Crippen molar-refractivity contribution in [2.75, 3.05) is 18.1 Å². The fourth-order valence-corrected chi connectivity index (χ4v) is 4.59. The number of fused-ring (bicyclic) bond motifs is 1. The van der Waals surface area contributed by atoms with Gasteiger partial charge in [-0.1, -0.05) is 12.1 Å². The van der Waals surface area contributed by atoms with Gasteiger partial charge in [-0.15, -0.1) is 0 Å². The summed E-state index contributed by atoms with van der Waals surface area (Å²) in [5, 5.41) is 5.77. The molecule has 3 unspecified atom stereocenters. The largest absolute Gasteiger partial charge is 0.342 e.